The Kier molecular flexibility index (Phi) is 5.28. The van der Waals surface area contributed by atoms with E-state index in [9.17, 15) is 9.90 Å². The lowest BCUT2D eigenvalue weighted by atomic mass is 10.1. The minimum Gasteiger partial charge on any atom is -0.507 e. The maximum atomic E-state index is 12.6. The number of para-hydroxylation sites is 1. The molecule has 0 bridgehead atoms. The van der Waals surface area contributed by atoms with Crippen molar-refractivity contribution in [2.24, 2.45) is 0 Å². The maximum Gasteiger partial charge on any atom is 0.237 e. The highest BCUT2D eigenvalue weighted by Crippen LogP contribution is 2.28. The Morgan fingerprint density at radius 1 is 1.23 bits per heavy atom. The van der Waals surface area contributed by atoms with Gasteiger partial charge in [0.25, 0.3) is 0 Å². The third-order valence-electron chi connectivity index (χ3n) is 4.52. The fourth-order valence-electron chi connectivity index (χ4n) is 3.38. The average molecular weight is 353 g/mol. The van der Waals surface area contributed by atoms with Gasteiger partial charge in [0.2, 0.25) is 5.91 Å². The Morgan fingerprint density at radius 2 is 2.00 bits per heavy atom. The number of carbonyl (C=O) groups excluding carboxylic acids is 1. The van der Waals surface area contributed by atoms with Crippen molar-refractivity contribution >= 4 is 5.91 Å². The fraction of sp³-hybridized carbons (Fsp3) is 0.429. The van der Waals surface area contributed by atoms with Crippen LogP contribution in [0.25, 0.3) is 11.3 Å². The number of hydrogen-bond acceptors (Lipinski definition) is 4. The highest BCUT2D eigenvalue weighted by Gasteiger charge is 2.32. The minimum atomic E-state index is -0.228. The SMILES string of the molecule is CC(C)(C)NC(=O)[C@@H]1CCCN1Cc1cccc(-c2ccccc2O)n1. The van der Waals surface area contributed by atoms with Crippen LogP contribution in [0.4, 0.5) is 0 Å². The molecule has 1 aliphatic rings. The van der Waals surface area contributed by atoms with Crippen LogP contribution in [0, 0.1) is 0 Å². The zero-order valence-corrected chi connectivity index (χ0v) is 15.7. The highest BCUT2D eigenvalue weighted by atomic mass is 16.3. The summed E-state index contributed by atoms with van der Waals surface area (Å²) in [5.41, 5.74) is 2.14. The van der Waals surface area contributed by atoms with Gasteiger partial charge >= 0.3 is 0 Å². The molecule has 2 aromatic rings. The first kappa shape index (κ1) is 18.4. The van der Waals surface area contributed by atoms with E-state index in [-0.39, 0.29) is 23.2 Å². The number of benzene rings is 1. The second kappa shape index (κ2) is 7.46. The lowest BCUT2D eigenvalue weighted by Crippen LogP contribution is -2.49. The molecule has 1 fully saturated rings. The molecule has 0 saturated carbocycles. The third kappa shape index (κ3) is 4.41. The molecule has 1 aliphatic heterocycles. The summed E-state index contributed by atoms with van der Waals surface area (Å²) in [7, 11) is 0. The first-order valence-electron chi connectivity index (χ1n) is 9.14. The molecule has 1 saturated heterocycles. The predicted octanol–water partition coefficient (Wildman–Crippen LogP) is 3.33. The standard InChI is InChI=1S/C21H27N3O2/c1-21(2,3)23-20(26)18-11-7-13-24(18)14-15-8-6-10-17(22-15)16-9-4-5-12-19(16)25/h4-6,8-10,12,18,25H,7,11,13-14H2,1-3H3,(H,23,26)/t18-/m0/s1. The Morgan fingerprint density at radius 3 is 2.73 bits per heavy atom. The molecule has 0 aliphatic carbocycles. The Balaban J connectivity index is 1.75. The van der Waals surface area contributed by atoms with Gasteiger partial charge in [-0.1, -0.05) is 18.2 Å². The van der Waals surface area contributed by atoms with Crippen LogP contribution in [0.3, 0.4) is 0 Å². The molecular weight excluding hydrogens is 326 g/mol. The van der Waals surface area contributed by atoms with E-state index in [0.717, 1.165) is 36.3 Å². The molecule has 26 heavy (non-hydrogen) atoms. The zero-order chi connectivity index (χ0) is 18.7. The summed E-state index contributed by atoms with van der Waals surface area (Å²) >= 11 is 0. The highest BCUT2D eigenvalue weighted by molar-refractivity contribution is 5.82. The van der Waals surface area contributed by atoms with Gasteiger partial charge in [0.15, 0.2) is 0 Å². The minimum absolute atomic E-state index is 0.0897. The summed E-state index contributed by atoms with van der Waals surface area (Å²) in [5.74, 6) is 0.313. The number of phenols is 1. The normalized spacial score (nSPS) is 18.0. The van der Waals surface area contributed by atoms with Crippen LogP contribution in [0.15, 0.2) is 42.5 Å². The molecule has 0 unspecified atom stereocenters. The fourth-order valence-corrected chi connectivity index (χ4v) is 3.38. The van der Waals surface area contributed by atoms with Crippen LogP contribution in [0.2, 0.25) is 0 Å². The smallest absolute Gasteiger partial charge is 0.237 e. The molecule has 138 valence electrons. The summed E-state index contributed by atoms with van der Waals surface area (Å²) < 4.78 is 0. The Labute approximate surface area is 155 Å². The van der Waals surface area contributed by atoms with Crippen LogP contribution in [-0.2, 0) is 11.3 Å². The lowest BCUT2D eigenvalue weighted by molar-refractivity contribution is -0.127. The number of aromatic hydroxyl groups is 1. The van der Waals surface area contributed by atoms with Crippen molar-refractivity contribution in [3.05, 3.63) is 48.2 Å². The number of phenolic OH excluding ortho intramolecular Hbond substituents is 1. The molecule has 1 atom stereocenters. The number of aromatic nitrogens is 1. The molecule has 5 nitrogen and oxygen atoms in total. The summed E-state index contributed by atoms with van der Waals surface area (Å²) in [6, 6.07) is 12.9. The van der Waals surface area contributed by atoms with Gasteiger partial charge in [-0.05, 0) is 64.4 Å². The second-order valence-corrected chi connectivity index (χ2v) is 7.90. The molecule has 0 spiro atoms. The van der Waals surface area contributed by atoms with E-state index in [4.69, 9.17) is 4.98 Å². The average Bonchev–Trinajstić information content (AvgIpc) is 3.02. The van der Waals surface area contributed by atoms with Gasteiger partial charge < -0.3 is 10.4 Å². The van der Waals surface area contributed by atoms with Gasteiger partial charge in [-0.15, -0.1) is 0 Å². The van der Waals surface area contributed by atoms with Crippen LogP contribution < -0.4 is 5.32 Å². The van der Waals surface area contributed by atoms with Gasteiger partial charge in [-0.25, -0.2) is 0 Å². The van der Waals surface area contributed by atoms with Gasteiger partial charge in [0.05, 0.1) is 17.4 Å². The van der Waals surface area contributed by atoms with Crippen LogP contribution in [0.1, 0.15) is 39.3 Å². The lowest BCUT2D eigenvalue weighted by Gasteiger charge is -2.28. The monoisotopic (exact) mass is 353 g/mol. The summed E-state index contributed by atoms with van der Waals surface area (Å²) in [6.07, 6.45) is 1.89. The van der Waals surface area contributed by atoms with Crippen molar-refractivity contribution in [1.82, 2.24) is 15.2 Å². The van der Waals surface area contributed by atoms with Crippen LogP contribution >= 0.6 is 0 Å². The van der Waals surface area contributed by atoms with E-state index in [1.54, 1.807) is 12.1 Å². The number of nitrogens with one attached hydrogen (secondary N) is 1. The number of rotatable bonds is 4. The van der Waals surface area contributed by atoms with Gasteiger partial charge in [-0.3, -0.25) is 14.7 Å². The Bertz CT molecular complexity index is 783. The van der Waals surface area contributed by atoms with Crippen molar-refractivity contribution in [1.29, 1.82) is 0 Å². The number of amides is 1. The summed E-state index contributed by atoms with van der Waals surface area (Å²) in [5, 5.41) is 13.1. The Hall–Kier alpha value is -2.40. The zero-order valence-electron chi connectivity index (χ0n) is 15.7. The molecule has 2 N–H and O–H groups in total. The van der Waals surface area contributed by atoms with Crippen molar-refractivity contribution in [3.8, 4) is 17.0 Å². The van der Waals surface area contributed by atoms with Crippen LogP contribution in [0.5, 0.6) is 5.75 Å². The number of likely N-dealkylation sites (tertiary alicyclic amines) is 1. The largest absolute Gasteiger partial charge is 0.507 e. The van der Waals surface area contributed by atoms with E-state index in [1.165, 1.54) is 0 Å². The molecular formula is C21H27N3O2. The molecule has 2 heterocycles. The van der Waals surface area contributed by atoms with E-state index in [2.05, 4.69) is 10.2 Å². The van der Waals surface area contributed by atoms with E-state index in [0.29, 0.717) is 6.54 Å². The van der Waals surface area contributed by atoms with Crippen LogP contribution in [-0.4, -0.2) is 39.0 Å². The molecule has 1 aromatic heterocycles. The van der Waals surface area contributed by atoms with Crippen molar-refractivity contribution in [2.45, 2.75) is 51.7 Å². The molecule has 1 amide bonds. The van der Waals surface area contributed by atoms with E-state index in [1.807, 2.05) is 51.1 Å². The predicted molar refractivity (Wildman–Crippen MR) is 103 cm³/mol. The summed E-state index contributed by atoms with van der Waals surface area (Å²) in [4.78, 5) is 19.5. The topological polar surface area (TPSA) is 65.5 Å². The van der Waals surface area contributed by atoms with Crippen molar-refractivity contribution in [2.75, 3.05) is 6.54 Å². The molecule has 5 heteroatoms. The summed E-state index contributed by atoms with van der Waals surface area (Å²) in [6.45, 7) is 7.53. The number of nitrogens with zero attached hydrogens (tertiary/aromatic N) is 2. The van der Waals surface area contributed by atoms with Crippen molar-refractivity contribution < 1.29 is 9.90 Å². The molecule has 1 aromatic carbocycles. The van der Waals surface area contributed by atoms with Gasteiger partial charge in [-0.2, -0.15) is 0 Å². The number of pyridine rings is 1. The number of hydrogen-bond donors (Lipinski definition) is 2. The van der Waals surface area contributed by atoms with E-state index >= 15 is 0 Å². The van der Waals surface area contributed by atoms with Crippen molar-refractivity contribution in [3.63, 3.8) is 0 Å². The first-order chi connectivity index (χ1) is 12.3. The van der Waals surface area contributed by atoms with Gasteiger partial charge in [0, 0.05) is 17.6 Å². The quantitative estimate of drug-likeness (QED) is 0.885. The second-order valence-electron chi connectivity index (χ2n) is 7.90. The molecule has 0 radical (unpaired) electrons. The number of carbonyl (C=O) groups is 1. The maximum absolute atomic E-state index is 12.6. The van der Waals surface area contributed by atoms with E-state index < -0.39 is 0 Å². The van der Waals surface area contributed by atoms with Gasteiger partial charge in [0.1, 0.15) is 5.75 Å². The first-order valence-corrected chi connectivity index (χ1v) is 9.14. The third-order valence-corrected chi connectivity index (χ3v) is 4.52. The molecule has 3 rings (SSSR count).